The van der Waals surface area contributed by atoms with Crippen molar-refractivity contribution in [3.63, 3.8) is 0 Å². The Morgan fingerprint density at radius 3 is 2.45 bits per heavy atom. The third-order valence-electron chi connectivity index (χ3n) is 4.84. The number of nitrogens with two attached hydrogens (primary N) is 1. The molecular weight excluding hydrogens is 368 g/mol. The van der Waals surface area contributed by atoms with E-state index in [0.717, 1.165) is 22.3 Å². The van der Waals surface area contributed by atoms with Gasteiger partial charge in [0.2, 0.25) is 0 Å². The number of carboxylic acids is 1. The molecule has 3 N–H and O–H groups in total. The van der Waals surface area contributed by atoms with Crippen molar-refractivity contribution in [2.75, 3.05) is 5.73 Å². The lowest BCUT2D eigenvalue weighted by atomic mass is 9.95. The quantitative estimate of drug-likeness (QED) is 0.821. The average molecular weight is 386 g/mol. The molecule has 0 unspecified atom stereocenters. The highest BCUT2D eigenvalue weighted by Crippen LogP contribution is 2.44. The first-order valence-electron chi connectivity index (χ1n) is 8.82. The number of rotatable bonds is 4. The van der Waals surface area contributed by atoms with Gasteiger partial charge in [-0.1, -0.05) is 12.1 Å². The summed E-state index contributed by atoms with van der Waals surface area (Å²) in [5, 5.41) is 28.0. The maximum Gasteiger partial charge on any atom is 0.344 e. The number of allylic oxidation sites excluding steroid dienone is 3. The molecule has 0 aliphatic heterocycles. The molecule has 1 atom stereocenters. The fourth-order valence-electron chi connectivity index (χ4n) is 3.26. The van der Waals surface area contributed by atoms with Crippen LogP contribution in [0.2, 0.25) is 0 Å². The minimum Gasteiger partial charge on any atom is -0.479 e. The van der Waals surface area contributed by atoms with Gasteiger partial charge in [0.1, 0.15) is 23.7 Å². The molecule has 7 nitrogen and oxygen atoms in total. The van der Waals surface area contributed by atoms with E-state index in [4.69, 9.17) is 15.6 Å². The van der Waals surface area contributed by atoms with Gasteiger partial charge in [0.15, 0.2) is 6.10 Å². The molecule has 144 valence electrons. The number of hydrogen-bond donors (Lipinski definition) is 2. The van der Waals surface area contributed by atoms with E-state index in [2.05, 4.69) is 17.1 Å². The van der Waals surface area contributed by atoms with Gasteiger partial charge >= 0.3 is 5.97 Å². The molecule has 1 aromatic carbocycles. The van der Waals surface area contributed by atoms with Crippen LogP contribution in [0.1, 0.15) is 41.8 Å². The number of nitrogen functional groups attached to an aromatic ring is 1. The molecule has 29 heavy (non-hydrogen) atoms. The Hall–Kier alpha value is -4.10. The molecule has 0 bridgehead atoms. The maximum absolute atomic E-state index is 10.9. The van der Waals surface area contributed by atoms with Crippen LogP contribution in [0, 0.1) is 29.6 Å². The van der Waals surface area contributed by atoms with Crippen LogP contribution in [0.25, 0.3) is 17.2 Å². The Kier molecular flexibility index (Phi) is 5.08. The highest BCUT2D eigenvalue weighted by molar-refractivity contribution is 6.08. The number of nitrogens with zero attached hydrogens (tertiary/aromatic N) is 3. The molecule has 3 rings (SSSR count). The molecular formula is C22H18N4O3. The first-order chi connectivity index (χ1) is 13.8. The second kappa shape index (κ2) is 7.49. The number of anilines is 1. The summed E-state index contributed by atoms with van der Waals surface area (Å²) in [4.78, 5) is 15.2. The fraction of sp³-hybridized carbons (Fsp3) is 0.182. The molecule has 0 fully saturated rings. The SMILES string of the molecule is CC1=C(C#N)c2nc(N)c(C#N)c(C)c2/C1=C\c1ccc(O[C@H](C)C(=O)O)cc1. The van der Waals surface area contributed by atoms with Crippen molar-refractivity contribution in [2.24, 2.45) is 0 Å². The van der Waals surface area contributed by atoms with Crippen LogP contribution in [-0.4, -0.2) is 22.2 Å². The zero-order valence-electron chi connectivity index (χ0n) is 16.1. The summed E-state index contributed by atoms with van der Waals surface area (Å²) in [6, 6.07) is 11.2. The minimum absolute atomic E-state index is 0.111. The zero-order chi connectivity index (χ0) is 21.3. The first kappa shape index (κ1) is 19.7. The number of nitriles is 2. The third-order valence-corrected chi connectivity index (χ3v) is 4.84. The van der Waals surface area contributed by atoms with Crippen LogP contribution in [0.3, 0.4) is 0 Å². The van der Waals surface area contributed by atoms with Crippen molar-refractivity contribution < 1.29 is 14.6 Å². The van der Waals surface area contributed by atoms with Crippen molar-refractivity contribution in [2.45, 2.75) is 26.9 Å². The number of fused-ring (bicyclic) bond motifs is 1. The molecule has 0 amide bonds. The van der Waals surface area contributed by atoms with E-state index in [1.165, 1.54) is 6.92 Å². The molecule has 0 saturated heterocycles. The number of benzene rings is 1. The van der Waals surface area contributed by atoms with Crippen LogP contribution in [0.15, 0.2) is 29.8 Å². The van der Waals surface area contributed by atoms with E-state index in [1.807, 2.05) is 13.0 Å². The van der Waals surface area contributed by atoms with Crippen molar-refractivity contribution >= 4 is 29.0 Å². The van der Waals surface area contributed by atoms with Crippen molar-refractivity contribution in [1.82, 2.24) is 4.98 Å². The lowest BCUT2D eigenvalue weighted by Gasteiger charge is -2.12. The van der Waals surface area contributed by atoms with Crippen LogP contribution >= 0.6 is 0 Å². The van der Waals surface area contributed by atoms with Crippen LogP contribution < -0.4 is 10.5 Å². The lowest BCUT2D eigenvalue weighted by molar-refractivity contribution is -0.144. The highest BCUT2D eigenvalue weighted by atomic mass is 16.5. The molecule has 1 aliphatic rings. The molecule has 0 radical (unpaired) electrons. The number of aromatic nitrogens is 1. The van der Waals surface area contributed by atoms with Gasteiger partial charge in [-0.3, -0.25) is 0 Å². The molecule has 2 aromatic rings. The summed E-state index contributed by atoms with van der Waals surface area (Å²) < 4.78 is 5.34. The summed E-state index contributed by atoms with van der Waals surface area (Å²) in [7, 11) is 0. The molecule has 0 spiro atoms. The van der Waals surface area contributed by atoms with E-state index in [0.29, 0.717) is 28.1 Å². The highest BCUT2D eigenvalue weighted by Gasteiger charge is 2.29. The van der Waals surface area contributed by atoms with E-state index >= 15 is 0 Å². The lowest BCUT2D eigenvalue weighted by Crippen LogP contribution is -2.22. The Balaban J connectivity index is 2.07. The smallest absolute Gasteiger partial charge is 0.344 e. The fourth-order valence-corrected chi connectivity index (χ4v) is 3.26. The van der Waals surface area contributed by atoms with Gasteiger partial charge in [0.25, 0.3) is 0 Å². The van der Waals surface area contributed by atoms with Crippen LogP contribution in [0.4, 0.5) is 5.82 Å². The van der Waals surface area contributed by atoms with Crippen LogP contribution in [0.5, 0.6) is 5.75 Å². The number of carboxylic acid groups (broad SMARTS) is 1. The predicted molar refractivity (Wildman–Crippen MR) is 108 cm³/mol. The molecule has 7 heteroatoms. The monoisotopic (exact) mass is 386 g/mol. The molecule has 0 saturated carbocycles. The summed E-state index contributed by atoms with van der Waals surface area (Å²) in [5.74, 6) is -0.491. The van der Waals surface area contributed by atoms with Gasteiger partial charge in [0.05, 0.1) is 16.8 Å². The van der Waals surface area contributed by atoms with Crippen molar-refractivity contribution in [3.05, 3.63) is 57.8 Å². The van der Waals surface area contributed by atoms with Gasteiger partial charge in [-0.2, -0.15) is 10.5 Å². The Morgan fingerprint density at radius 2 is 1.90 bits per heavy atom. The van der Waals surface area contributed by atoms with Gasteiger partial charge in [0, 0.05) is 5.56 Å². The zero-order valence-corrected chi connectivity index (χ0v) is 16.1. The second-order valence-electron chi connectivity index (χ2n) is 6.67. The van der Waals surface area contributed by atoms with Gasteiger partial charge in [-0.05, 0) is 61.3 Å². The van der Waals surface area contributed by atoms with Gasteiger partial charge in [-0.15, -0.1) is 0 Å². The Labute approximate surface area is 168 Å². The maximum atomic E-state index is 10.9. The number of pyridine rings is 1. The average Bonchev–Trinajstić information content (AvgIpc) is 2.94. The predicted octanol–water partition coefficient (Wildman–Crippen LogP) is 3.55. The summed E-state index contributed by atoms with van der Waals surface area (Å²) in [5.41, 5.74) is 10.9. The summed E-state index contributed by atoms with van der Waals surface area (Å²) in [6.07, 6.45) is 0.947. The number of hydrogen-bond acceptors (Lipinski definition) is 6. The molecule has 1 aliphatic carbocycles. The van der Waals surface area contributed by atoms with Gasteiger partial charge < -0.3 is 15.6 Å². The minimum atomic E-state index is -1.04. The third kappa shape index (κ3) is 3.42. The largest absolute Gasteiger partial charge is 0.479 e. The van der Waals surface area contributed by atoms with Crippen LogP contribution in [-0.2, 0) is 4.79 Å². The van der Waals surface area contributed by atoms with Crippen molar-refractivity contribution in [3.8, 4) is 17.9 Å². The summed E-state index contributed by atoms with van der Waals surface area (Å²) >= 11 is 0. The van der Waals surface area contributed by atoms with E-state index in [-0.39, 0.29) is 5.82 Å². The number of aliphatic carboxylic acids is 1. The normalized spacial score (nSPS) is 14.9. The number of carbonyl (C=O) groups is 1. The first-order valence-corrected chi connectivity index (χ1v) is 8.82. The molecule has 1 aromatic heterocycles. The number of ether oxygens (including phenoxy) is 1. The second-order valence-corrected chi connectivity index (χ2v) is 6.67. The van der Waals surface area contributed by atoms with E-state index in [9.17, 15) is 15.3 Å². The Bertz CT molecular complexity index is 1160. The van der Waals surface area contributed by atoms with Gasteiger partial charge in [-0.25, -0.2) is 9.78 Å². The van der Waals surface area contributed by atoms with E-state index in [1.54, 1.807) is 31.2 Å². The standard InChI is InChI=1S/C22H18N4O3/c1-11-16(8-14-4-6-15(7-5-14)29-13(3)22(27)28)19-12(2)18(10-24)21(25)26-20(19)17(11)9-23/h4-8,13H,1-3H3,(H2,25,26)(H,27,28)/b16-8-/t13-/m1/s1. The van der Waals surface area contributed by atoms with E-state index < -0.39 is 12.1 Å². The molecule has 1 heterocycles. The van der Waals surface area contributed by atoms with Crippen molar-refractivity contribution in [1.29, 1.82) is 10.5 Å². The Morgan fingerprint density at radius 1 is 1.24 bits per heavy atom. The topological polar surface area (TPSA) is 133 Å². The summed E-state index contributed by atoms with van der Waals surface area (Å²) in [6.45, 7) is 5.08.